The molecule has 0 N–H and O–H groups in total. The first-order valence-electron chi connectivity index (χ1n) is 10.1. The molecule has 29 heavy (non-hydrogen) atoms. The summed E-state index contributed by atoms with van der Waals surface area (Å²) >= 11 is 0. The second-order valence-electron chi connectivity index (χ2n) is 7.46. The van der Waals surface area contributed by atoms with E-state index in [0.29, 0.717) is 44.9 Å². The van der Waals surface area contributed by atoms with Gasteiger partial charge < -0.3 is 19.1 Å². The van der Waals surface area contributed by atoms with Gasteiger partial charge in [-0.3, -0.25) is 14.4 Å². The molecular weight excluding hydrogens is 370 g/mol. The Morgan fingerprint density at radius 3 is 2.28 bits per heavy atom. The molecule has 2 aromatic rings. The smallest absolute Gasteiger partial charge is 0.289 e. The number of rotatable bonds is 5. The molecule has 4 rings (SSSR count). The van der Waals surface area contributed by atoms with E-state index in [1.165, 1.54) is 6.26 Å². The van der Waals surface area contributed by atoms with E-state index in [4.69, 9.17) is 4.42 Å². The van der Waals surface area contributed by atoms with Crippen molar-refractivity contribution in [1.82, 2.24) is 9.80 Å². The molecule has 1 aromatic heterocycles. The lowest BCUT2D eigenvalue weighted by Gasteiger charge is -2.34. The average molecular weight is 395 g/mol. The van der Waals surface area contributed by atoms with Crippen molar-refractivity contribution in [1.29, 1.82) is 0 Å². The van der Waals surface area contributed by atoms with Crippen LogP contribution >= 0.6 is 0 Å². The number of para-hydroxylation sites is 1. The zero-order chi connectivity index (χ0) is 20.4. The minimum Gasteiger partial charge on any atom is -0.459 e. The third kappa shape index (κ3) is 3.90. The van der Waals surface area contributed by atoms with Gasteiger partial charge in [0.25, 0.3) is 5.91 Å². The summed E-state index contributed by atoms with van der Waals surface area (Å²) in [7, 11) is 0. The average Bonchev–Trinajstić information content (AvgIpc) is 3.38. The Bertz CT molecular complexity index is 873. The number of furan rings is 1. The molecule has 1 aromatic carbocycles. The Hall–Kier alpha value is -3.09. The van der Waals surface area contributed by atoms with Crippen LogP contribution in [0.2, 0.25) is 0 Å². The van der Waals surface area contributed by atoms with Crippen LogP contribution in [0.5, 0.6) is 0 Å². The normalized spacial score (nSPS) is 21.0. The molecule has 2 fully saturated rings. The molecule has 7 heteroatoms. The number of piperazine rings is 1. The molecule has 0 bridgehead atoms. The number of carbonyl (C=O) groups is 3. The lowest BCUT2D eigenvalue weighted by Crippen LogP contribution is -2.51. The molecule has 7 nitrogen and oxygen atoms in total. The maximum atomic E-state index is 12.9. The number of benzene rings is 1. The fourth-order valence-corrected chi connectivity index (χ4v) is 3.94. The first-order valence-corrected chi connectivity index (χ1v) is 10.1. The number of hydrogen-bond donors (Lipinski definition) is 0. The van der Waals surface area contributed by atoms with E-state index in [1.807, 2.05) is 37.3 Å². The zero-order valence-corrected chi connectivity index (χ0v) is 16.5. The third-order valence-electron chi connectivity index (χ3n) is 5.69. The van der Waals surface area contributed by atoms with Crippen LogP contribution in [0.15, 0.2) is 53.1 Å². The summed E-state index contributed by atoms with van der Waals surface area (Å²) in [5.41, 5.74) is 0.864. The quantitative estimate of drug-likeness (QED) is 0.778. The summed E-state index contributed by atoms with van der Waals surface area (Å²) in [5, 5.41) is 0. The minimum absolute atomic E-state index is 0.0173. The van der Waals surface area contributed by atoms with Crippen LogP contribution in [0.4, 0.5) is 5.69 Å². The van der Waals surface area contributed by atoms with Gasteiger partial charge in [0.15, 0.2) is 5.76 Å². The highest BCUT2D eigenvalue weighted by Crippen LogP contribution is 2.42. The van der Waals surface area contributed by atoms with Gasteiger partial charge in [-0.2, -0.15) is 0 Å². The Labute approximate surface area is 169 Å². The van der Waals surface area contributed by atoms with E-state index in [0.717, 1.165) is 5.69 Å². The van der Waals surface area contributed by atoms with Crippen LogP contribution in [0, 0.1) is 11.8 Å². The molecule has 1 aliphatic carbocycles. The van der Waals surface area contributed by atoms with Gasteiger partial charge in [0.05, 0.1) is 18.1 Å². The van der Waals surface area contributed by atoms with E-state index in [9.17, 15) is 14.4 Å². The van der Waals surface area contributed by atoms with E-state index >= 15 is 0 Å². The fourth-order valence-electron chi connectivity index (χ4n) is 3.94. The maximum Gasteiger partial charge on any atom is 0.289 e. The summed E-state index contributed by atoms with van der Waals surface area (Å²) < 4.78 is 5.17. The summed E-state index contributed by atoms with van der Waals surface area (Å²) in [6, 6.07) is 12.9. The van der Waals surface area contributed by atoms with E-state index in [1.54, 1.807) is 26.8 Å². The molecule has 1 aliphatic heterocycles. The number of carbonyl (C=O) groups excluding carboxylic acids is 3. The van der Waals surface area contributed by atoms with Crippen molar-refractivity contribution >= 4 is 23.4 Å². The maximum absolute atomic E-state index is 12.9. The second-order valence-corrected chi connectivity index (χ2v) is 7.46. The largest absolute Gasteiger partial charge is 0.459 e. The zero-order valence-electron chi connectivity index (χ0n) is 16.5. The van der Waals surface area contributed by atoms with E-state index in [2.05, 4.69) is 0 Å². The molecule has 2 atom stereocenters. The van der Waals surface area contributed by atoms with Gasteiger partial charge in [0, 0.05) is 38.4 Å². The fraction of sp³-hybridized carbons (Fsp3) is 0.409. The third-order valence-corrected chi connectivity index (χ3v) is 5.69. The monoisotopic (exact) mass is 395 g/mol. The van der Waals surface area contributed by atoms with Gasteiger partial charge in [0.1, 0.15) is 0 Å². The van der Waals surface area contributed by atoms with Gasteiger partial charge in [-0.25, -0.2) is 0 Å². The van der Waals surface area contributed by atoms with Gasteiger partial charge >= 0.3 is 0 Å². The predicted octanol–water partition coefficient (Wildman–Crippen LogP) is 2.25. The molecular formula is C22H25N3O4. The Balaban J connectivity index is 1.31. The summed E-state index contributed by atoms with van der Waals surface area (Å²) in [4.78, 5) is 43.3. The molecule has 2 aliphatic rings. The van der Waals surface area contributed by atoms with E-state index in [-0.39, 0.29) is 29.6 Å². The number of amides is 3. The minimum atomic E-state index is -0.245. The van der Waals surface area contributed by atoms with Crippen molar-refractivity contribution in [2.45, 2.75) is 13.3 Å². The molecule has 2 heterocycles. The number of hydrogen-bond acceptors (Lipinski definition) is 4. The van der Waals surface area contributed by atoms with Gasteiger partial charge in [-0.15, -0.1) is 0 Å². The molecule has 1 saturated carbocycles. The lowest BCUT2D eigenvalue weighted by molar-refractivity contribution is -0.135. The highest BCUT2D eigenvalue weighted by Gasteiger charge is 2.51. The van der Waals surface area contributed by atoms with Crippen LogP contribution in [0.3, 0.4) is 0 Å². The SMILES string of the molecule is CCN(C(=O)C1CC1C(=O)N1CCN(C(=O)c2ccco2)CC1)c1ccccc1. The molecule has 3 amide bonds. The van der Waals surface area contributed by atoms with Crippen molar-refractivity contribution in [3.8, 4) is 0 Å². The predicted molar refractivity (Wildman–Crippen MR) is 107 cm³/mol. The summed E-state index contributed by atoms with van der Waals surface area (Å²) in [6.07, 6.45) is 2.08. The van der Waals surface area contributed by atoms with Crippen LogP contribution in [-0.4, -0.2) is 60.2 Å². The van der Waals surface area contributed by atoms with Crippen LogP contribution < -0.4 is 4.90 Å². The Morgan fingerprint density at radius 2 is 1.66 bits per heavy atom. The van der Waals surface area contributed by atoms with Crippen LogP contribution in [0.1, 0.15) is 23.9 Å². The number of nitrogens with zero attached hydrogens (tertiary/aromatic N) is 3. The lowest BCUT2D eigenvalue weighted by atomic mass is 10.2. The standard InChI is InChI=1S/C22H25N3O4/c1-2-25(16-7-4-3-5-8-16)21(27)18-15-17(18)20(26)23-10-12-24(13-11-23)22(28)19-9-6-14-29-19/h3-9,14,17-18H,2,10-13,15H2,1H3. The first-order chi connectivity index (χ1) is 14.1. The molecule has 1 saturated heterocycles. The molecule has 152 valence electrons. The van der Waals surface area contributed by atoms with Crippen molar-refractivity contribution in [2.75, 3.05) is 37.6 Å². The van der Waals surface area contributed by atoms with Gasteiger partial charge in [-0.05, 0) is 37.6 Å². The topological polar surface area (TPSA) is 74.1 Å². The van der Waals surface area contributed by atoms with Crippen LogP contribution in [0.25, 0.3) is 0 Å². The highest BCUT2D eigenvalue weighted by atomic mass is 16.3. The highest BCUT2D eigenvalue weighted by molar-refractivity contribution is 6.01. The summed E-state index contributed by atoms with van der Waals surface area (Å²) in [5.74, 6) is -0.277. The van der Waals surface area contributed by atoms with Crippen molar-refractivity contribution in [2.24, 2.45) is 11.8 Å². The summed E-state index contributed by atoms with van der Waals surface area (Å²) in [6.45, 7) is 4.44. The number of anilines is 1. The van der Waals surface area contributed by atoms with E-state index < -0.39 is 0 Å². The van der Waals surface area contributed by atoms with Crippen LogP contribution in [-0.2, 0) is 9.59 Å². The van der Waals surface area contributed by atoms with Crippen molar-refractivity contribution in [3.63, 3.8) is 0 Å². The molecule has 0 spiro atoms. The van der Waals surface area contributed by atoms with Gasteiger partial charge in [-0.1, -0.05) is 18.2 Å². The molecule has 0 radical (unpaired) electrons. The second kappa shape index (κ2) is 8.11. The van der Waals surface area contributed by atoms with Crippen molar-refractivity contribution < 1.29 is 18.8 Å². The Morgan fingerprint density at radius 1 is 0.966 bits per heavy atom. The molecule has 2 unspecified atom stereocenters. The van der Waals surface area contributed by atoms with Crippen molar-refractivity contribution in [3.05, 3.63) is 54.5 Å². The van der Waals surface area contributed by atoms with Gasteiger partial charge in [0.2, 0.25) is 11.8 Å². The first kappa shape index (κ1) is 19.2. The Kier molecular flexibility index (Phi) is 5.38.